The van der Waals surface area contributed by atoms with Gasteiger partial charge in [0.2, 0.25) is 5.91 Å². The molecule has 1 saturated carbocycles. The third kappa shape index (κ3) is 3.53. The summed E-state index contributed by atoms with van der Waals surface area (Å²) in [5, 5.41) is 11.0. The normalized spacial score (nSPS) is 27.8. The smallest absolute Gasteiger partial charge is 0.230 e. The number of halogens is 1. The quantitative estimate of drug-likeness (QED) is 0.728. The molecule has 6 heteroatoms. The molecule has 4 rings (SSSR count). The molecule has 2 bridgehead atoms. The fourth-order valence-corrected chi connectivity index (χ4v) is 6.07. The van der Waals surface area contributed by atoms with Crippen LogP contribution in [0.2, 0.25) is 5.02 Å². The molecule has 1 aliphatic heterocycles. The second-order valence-corrected chi connectivity index (χ2v) is 9.52. The van der Waals surface area contributed by atoms with E-state index in [9.17, 15) is 9.90 Å². The van der Waals surface area contributed by atoms with Crippen LogP contribution in [0.4, 0.5) is 0 Å². The Bertz CT molecular complexity index is 911. The molecular weight excluding hydrogens is 388 g/mol. The van der Waals surface area contributed by atoms with Crippen molar-refractivity contribution in [2.24, 2.45) is 5.41 Å². The van der Waals surface area contributed by atoms with Crippen LogP contribution in [0.15, 0.2) is 18.3 Å². The van der Waals surface area contributed by atoms with Gasteiger partial charge in [0.05, 0.1) is 18.1 Å². The highest BCUT2D eigenvalue weighted by Crippen LogP contribution is 2.48. The molecule has 4 unspecified atom stereocenters. The number of likely N-dealkylation sites (tertiary alicyclic amines) is 1. The number of piperidine rings is 1. The number of aliphatic hydroxyl groups excluding tert-OH is 1. The van der Waals surface area contributed by atoms with Gasteiger partial charge in [-0.3, -0.25) is 4.79 Å². The number of nitrogens with zero attached hydrogens (tertiary/aromatic N) is 1. The van der Waals surface area contributed by atoms with Crippen molar-refractivity contribution in [2.75, 3.05) is 13.7 Å². The van der Waals surface area contributed by atoms with Crippen molar-refractivity contribution in [3.05, 3.63) is 28.9 Å². The maximum atomic E-state index is 13.8. The zero-order valence-electron chi connectivity index (χ0n) is 17.5. The first-order valence-corrected chi connectivity index (χ1v) is 11.0. The number of rotatable bonds is 5. The number of amides is 1. The number of hydrogen-bond donors (Lipinski definition) is 2. The number of nitrogens with one attached hydrogen (secondary N) is 1. The first kappa shape index (κ1) is 20.5. The molecule has 1 saturated heterocycles. The topological polar surface area (TPSA) is 65.6 Å². The molecule has 1 aromatic heterocycles. The number of carbonyl (C=O) groups excluding carboxylic acids is 1. The number of ether oxygens (including phenoxy) is 1. The van der Waals surface area contributed by atoms with Crippen LogP contribution in [0.25, 0.3) is 10.9 Å². The number of benzene rings is 1. The minimum Gasteiger partial charge on any atom is -0.495 e. The second-order valence-electron chi connectivity index (χ2n) is 9.15. The molecule has 158 valence electrons. The summed E-state index contributed by atoms with van der Waals surface area (Å²) >= 11 is 6.60. The Hall–Kier alpha value is -1.72. The number of methoxy groups -OCH3 is 1. The van der Waals surface area contributed by atoms with E-state index in [-0.39, 0.29) is 30.5 Å². The third-order valence-electron chi connectivity index (χ3n) is 7.11. The van der Waals surface area contributed by atoms with E-state index >= 15 is 0 Å². The molecule has 2 aromatic rings. The van der Waals surface area contributed by atoms with Crippen molar-refractivity contribution < 1.29 is 14.6 Å². The van der Waals surface area contributed by atoms with Crippen LogP contribution in [0.1, 0.15) is 63.9 Å². The maximum absolute atomic E-state index is 13.8. The molecule has 1 aromatic carbocycles. The number of carbonyl (C=O) groups is 1. The van der Waals surface area contributed by atoms with E-state index in [0.29, 0.717) is 22.6 Å². The van der Waals surface area contributed by atoms with Crippen molar-refractivity contribution >= 4 is 28.4 Å². The van der Waals surface area contributed by atoms with Gasteiger partial charge in [0.1, 0.15) is 5.75 Å². The van der Waals surface area contributed by atoms with E-state index in [1.807, 2.05) is 25.3 Å². The average molecular weight is 419 g/mol. The lowest BCUT2D eigenvalue weighted by atomic mass is 9.65. The summed E-state index contributed by atoms with van der Waals surface area (Å²) in [4.78, 5) is 19.1. The number of hydrogen-bond acceptors (Lipinski definition) is 3. The molecule has 2 N–H and O–H groups in total. The molecule has 2 aliphatic rings. The molecular formula is C23H31ClN2O3. The van der Waals surface area contributed by atoms with E-state index in [0.717, 1.165) is 35.7 Å². The van der Waals surface area contributed by atoms with Gasteiger partial charge in [0.25, 0.3) is 0 Å². The summed E-state index contributed by atoms with van der Waals surface area (Å²) in [7, 11) is 1.60. The maximum Gasteiger partial charge on any atom is 0.230 e. The Morgan fingerprint density at radius 2 is 2.24 bits per heavy atom. The minimum absolute atomic E-state index is 0.106. The van der Waals surface area contributed by atoms with Crippen molar-refractivity contribution in [3.8, 4) is 5.75 Å². The van der Waals surface area contributed by atoms with Crippen molar-refractivity contribution in [1.29, 1.82) is 0 Å². The van der Waals surface area contributed by atoms with E-state index in [2.05, 4.69) is 16.8 Å². The first-order chi connectivity index (χ1) is 13.9. The summed E-state index contributed by atoms with van der Waals surface area (Å²) in [6.07, 6.45) is 8.03. The largest absolute Gasteiger partial charge is 0.495 e. The molecule has 1 amide bonds. The molecule has 0 spiro atoms. The van der Waals surface area contributed by atoms with Crippen molar-refractivity contribution in [2.45, 2.75) is 70.4 Å². The number of fused-ring (bicyclic) bond motifs is 3. The molecule has 5 nitrogen and oxygen atoms in total. The minimum atomic E-state index is -0.319. The van der Waals surface area contributed by atoms with Crippen LogP contribution in [0.5, 0.6) is 5.75 Å². The highest BCUT2D eigenvalue weighted by atomic mass is 35.5. The van der Waals surface area contributed by atoms with Gasteiger partial charge in [0, 0.05) is 35.8 Å². The van der Waals surface area contributed by atoms with Crippen LogP contribution in [0, 0.1) is 5.41 Å². The Morgan fingerprint density at radius 1 is 1.45 bits per heavy atom. The van der Waals surface area contributed by atoms with Crippen molar-refractivity contribution in [3.63, 3.8) is 0 Å². The number of aromatic nitrogens is 1. The van der Waals surface area contributed by atoms with E-state index in [1.165, 1.54) is 12.8 Å². The fourth-order valence-electron chi connectivity index (χ4n) is 5.72. The van der Waals surface area contributed by atoms with Crippen LogP contribution in [-0.2, 0) is 4.79 Å². The Kier molecular flexibility index (Phi) is 5.56. The number of aromatic amines is 1. The molecule has 2 heterocycles. The number of H-pyrrole nitrogens is 1. The molecule has 4 atom stereocenters. The highest BCUT2D eigenvalue weighted by molar-refractivity contribution is 6.37. The third-order valence-corrected chi connectivity index (χ3v) is 7.49. The number of aliphatic hydroxyl groups is 1. The van der Waals surface area contributed by atoms with Crippen LogP contribution >= 0.6 is 11.6 Å². The Labute approximate surface area is 177 Å². The summed E-state index contributed by atoms with van der Waals surface area (Å²) in [5.41, 5.74) is 2.10. The predicted molar refractivity (Wildman–Crippen MR) is 116 cm³/mol. The summed E-state index contributed by atoms with van der Waals surface area (Å²) < 4.78 is 5.38. The summed E-state index contributed by atoms with van der Waals surface area (Å²) in [5.74, 6) is 0.428. The van der Waals surface area contributed by atoms with Crippen molar-refractivity contribution in [1.82, 2.24) is 9.88 Å². The fraction of sp³-hybridized carbons (Fsp3) is 0.609. The SMILES string of the molecule is COc1ccc2[nH]cc(C(C)C(=O)N3C(CCO)CC4(C)CCCC3C4)c2c1Cl. The zero-order chi connectivity index (χ0) is 20.8. The van der Waals surface area contributed by atoms with Gasteiger partial charge in [-0.05, 0) is 62.1 Å². The predicted octanol–water partition coefficient (Wildman–Crippen LogP) is 4.87. The van der Waals surface area contributed by atoms with Crippen LogP contribution < -0.4 is 4.74 Å². The Balaban J connectivity index is 1.69. The summed E-state index contributed by atoms with van der Waals surface area (Å²) in [6, 6.07) is 4.14. The molecule has 29 heavy (non-hydrogen) atoms. The average Bonchev–Trinajstić information content (AvgIpc) is 3.12. The van der Waals surface area contributed by atoms with Gasteiger partial charge in [-0.2, -0.15) is 0 Å². The van der Waals surface area contributed by atoms with Crippen LogP contribution in [-0.4, -0.2) is 46.7 Å². The van der Waals surface area contributed by atoms with Crippen LogP contribution in [0.3, 0.4) is 0 Å². The Morgan fingerprint density at radius 3 is 2.97 bits per heavy atom. The standard InChI is InChI=1S/C23H31ClN2O3/c1-14(17-13-25-18-6-7-19(29-3)21(24)20(17)18)22(28)26-15-5-4-9-23(2,11-15)12-16(26)8-10-27/h6-7,13-16,25,27H,4-5,8-12H2,1-3H3. The van der Waals surface area contributed by atoms with Gasteiger partial charge in [0.15, 0.2) is 0 Å². The summed E-state index contributed by atoms with van der Waals surface area (Å²) in [6.45, 7) is 4.43. The van der Waals surface area contributed by atoms with Gasteiger partial charge in [-0.15, -0.1) is 0 Å². The zero-order valence-corrected chi connectivity index (χ0v) is 18.3. The lowest BCUT2D eigenvalue weighted by Crippen LogP contribution is -2.57. The highest BCUT2D eigenvalue weighted by Gasteiger charge is 2.46. The molecule has 0 radical (unpaired) electrons. The van der Waals surface area contributed by atoms with Gasteiger partial charge >= 0.3 is 0 Å². The van der Waals surface area contributed by atoms with Gasteiger partial charge in [-0.1, -0.05) is 24.9 Å². The van der Waals surface area contributed by atoms with E-state index < -0.39 is 0 Å². The molecule has 1 aliphatic carbocycles. The van der Waals surface area contributed by atoms with E-state index in [1.54, 1.807) is 7.11 Å². The van der Waals surface area contributed by atoms with Gasteiger partial charge < -0.3 is 19.7 Å². The second kappa shape index (κ2) is 7.84. The van der Waals surface area contributed by atoms with Gasteiger partial charge in [-0.25, -0.2) is 0 Å². The lowest BCUT2D eigenvalue weighted by Gasteiger charge is -2.53. The molecule has 2 fully saturated rings. The van der Waals surface area contributed by atoms with E-state index in [4.69, 9.17) is 16.3 Å². The first-order valence-electron chi connectivity index (χ1n) is 10.6. The lowest BCUT2D eigenvalue weighted by molar-refractivity contribution is -0.146. The monoisotopic (exact) mass is 418 g/mol.